The Morgan fingerprint density at radius 1 is 1.35 bits per heavy atom. The summed E-state index contributed by atoms with van der Waals surface area (Å²) in [6.45, 7) is 10.6. The third-order valence-electron chi connectivity index (χ3n) is 3.97. The maximum absolute atomic E-state index is 11.5. The third-order valence-corrected chi connectivity index (χ3v) is 5.49. The topological polar surface area (TPSA) is 50.4 Å². The van der Waals surface area contributed by atoms with Crippen LogP contribution in [0.4, 0.5) is 10.5 Å². The first-order chi connectivity index (χ1) is 12.3. The fourth-order valence-corrected chi connectivity index (χ4v) is 3.41. The molecule has 2 unspecified atom stereocenters. The number of ether oxygens (including phenoxy) is 1. The first-order valence-corrected chi connectivity index (χ1v) is 10.9. The van der Waals surface area contributed by atoms with Crippen molar-refractivity contribution in [3.63, 3.8) is 0 Å². The van der Waals surface area contributed by atoms with E-state index in [1.165, 1.54) is 31.9 Å². The van der Waals surface area contributed by atoms with Crippen LogP contribution in [-0.2, 0) is 4.74 Å². The zero-order chi connectivity index (χ0) is 19.7. The lowest BCUT2D eigenvalue weighted by Gasteiger charge is -2.25. The zero-order valence-electron chi connectivity index (χ0n) is 17.0. The van der Waals surface area contributed by atoms with Gasteiger partial charge in [0, 0.05) is 10.8 Å². The molecule has 0 spiro atoms. The first kappa shape index (κ1) is 23.3. The minimum absolute atomic E-state index is 0.158. The van der Waals surface area contributed by atoms with Gasteiger partial charge in [0.2, 0.25) is 0 Å². The van der Waals surface area contributed by atoms with Gasteiger partial charge in [-0.25, -0.2) is 4.79 Å². The molecule has 1 fully saturated rings. The molecule has 0 aromatic heterocycles. The van der Waals surface area contributed by atoms with Crippen molar-refractivity contribution >= 4 is 38.3 Å². The fourth-order valence-electron chi connectivity index (χ4n) is 2.41. The largest absolute Gasteiger partial charge is 0.453 e. The molecule has 2 atom stereocenters. The van der Waals surface area contributed by atoms with E-state index in [-0.39, 0.29) is 10.8 Å². The second-order valence-electron chi connectivity index (χ2n) is 7.37. The van der Waals surface area contributed by atoms with Crippen LogP contribution in [0.5, 0.6) is 0 Å². The summed E-state index contributed by atoms with van der Waals surface area (Å²) in [5.41, 5.74) is 1.98. The van der Waals surface area contributed by atoms with E-state index in [1.807, 2.05) is 26.0 Å². The minimum atomic E-state index is -0.442. The molecule has 1 saturated carbocycles. The average Bonchev–Trinajstić information content (AvgIpc) is 3.42. The van der Waals surface area contributed by atoms with Crippen molar-refractivity contribution in [2.24, 2.45) is 5.92 Å². The Morgan fingerprint density at radius 2 is 2.00 bits per heavy atom. The van der Waals surface area contributed by atoms with Gasteiger partial charge in [0.25, 0.3) is 0 Å². The monoisotopic (exact) mass is 398 g/mol. The highest BCUT2D eigenvalue weighted by molar-refractivity contribution is 7.98. The average molecular weight is 399 g/mol. The normalized spacial score (nSPS) is 14.9. The Bertz CT molecular complexity index is 571. The van der Waals surface area contributed by atoms with Crippen LogP contribution in [0.15, 0.2) is 18.2 Å². The van der Waals surface area contributed by atoms with Crippen molar-refractivity contribution in [2.45, 2.75) is 71.1 Å². The minimum Gasteiger partial charge on any atom is -0.453 e. The predicted octanol–water partition coefficient (Wildman–Crippen LogP) is 5.66. The van der Waals surface area contributed by atoms with Gasteiger partial charge in [-0.15, -0.1) is 9.24 Å². The highest BCUT2D eigenvalue weighted by Gasteiger charge is 2.24. The maximum atomic E-state index is 11.5. The van der Waals surface area contributed by atoms with Crippen molar-refractivity contribution in [1.29, 1.82) is 0 Å². The van der Waals surface area contributed by atoms with Crippen LogP contribution in [0.25, 0.3) is 0 Å². The van der Waals surface area contributed by atoms with Crippen LogP contribution in [-0.4, -0.2) is 18.0 Å². The molecule has 1 aromatic rings. The summed E-state index contributed by atoms with van der Waals surface area (Å²) in [6, 6.07) is 6.49. The zero-order valence-corrected chi connectivity index (χ0v) is 19.0. The lowest BCUT2D eigenvalue weighted by atomic mass is 10.0. The Balaban J connectivity index is 0.00000163. The summed E-state index contributed by atoms with van der Waals surface area (Å²) in [5.74, 6) is 0.905. The molecule has 148 valence electrons. The number of anilines is 1. The Labute approximate surface area is 166 Å². The van der Waals surface area contributed by atoms with E-state index in [0.717, 1.165) is 23.3 Å². The van der Waals surface area contributed by atoms with Crippen LogP contribution < -0.4 is 15.3 Å². The van der Waals surface area contributed by atoms with Crippen LogP contribution in [0.1, 0.15) is 71.9 Å². The number of carbonyl (C=O) groups is 1. The molecule has 1 amide bonds. The molecule has 2 N–H and O–H groups in total. The van der Waals surface area contributed by atoms with E-state index in [0.29, 0.717) is 0 Å². The van der Waals surface area contributed by atoms with E-state index in [2.05, 4.69) is 46.1 Å². The quantitative estimate of drug-likeness (QED) is 0.460. The number of hydrogen-bond donors (Lipinski definition) is 2. The fraction of sp³-hybridized carbons (Fsp3) is 0.650. The van der Waals surface area contributed by atoms with Crippen LogP contribution in [0, 0.1) is 5.92 Å². The van der Waals surface area contributed by atoms with E-state index in [1.54, 1.807) is 11.9 Å². The second-order valence-corrected chi connectivity index (χ2v) is 9.66. The summed E-state index contributed by atoms with van der Waals surface area (Å²) < 4.78 is 8.51. The molecule has 26 heavy (non-hydrogen) atoms. The number of amides is 1. The molecule has 4 nitrogen and oxygen atoms in total. The highest BCUT2D eigenvalue weighted by Crippen LogP contribution is 2.37. The molecule has 1 aliphatic rings. The highest BCUT2D eigenvalue weighted by atomic mass is 32.2. The van der Waals surface area contributed by atoms with Crippen LogP contribution >= 0.6 is 21.2 Å². The second kappa shape index (κ2) is 11.2. The molecule has 1 aromatic carbocycles. The van der Waals surface area contributed by atoms with Gasteiger partial charge in [0.1, 0.15) is 0 Å². The van der Waals surface area contributed by atoms with Gasteiger partial charge in [-0.3, -0.25) is 10.0 Å². The number of carbonyl (C=O) groups excluding carboxylic acids is 1. The number of hydrogen-bond acceptors (Lipinski definition) is 4. The first-order valence-electron chi connectivity index (χ1n) is 9.46. The number of nitrogens with one attached hydrogen (secondary N) is 2. The summed E-state index contributed by atoms with van der Waals surface area (Å²) in [5, 5.41) is 3.74. The van der Waals surface area contributed by atoms with E-state index >= 15 is 0 Å². The van der Waals surface area contributed by atoms with Crippen molar-refractivity contribution in [2.75, 3.05) is 12.4 Å². The van der Waals surface area contributed by atoms with Crippen molar-refractivity contribution in [3.05, 3.63) is 23.8 Å². The lowest BCUT2D eigenvalue weighted by molar-refractivity contribution is 0.187. The smallest absolute Gasteiger partial charge is 0.411 e. The van der Waals surface area contributed by atoms with Gasteiger partial charge < -0.3 is 4.74 Å². The van der Waals surface area contributed by atoms with Crippen molar-refractivity contribution in [1.82, 2.24) is 4.72 Å². The van der Waals surface area contributed by atoms with Gasteiger partial charge in [-0.2, -0.15) is 0 Å². The Kier molecular flexibility index (Phi) is 9.99. The summed E-state index contributed by atoms with van der Waals surface area (Å²) >= 11 is 1.77. The van der Waals surface area contributed by atoms with Crippen LogP contribution in [0.3, 0.4) is 0 Å². The maximum Gasteiger partial charge on any atom is 0.411 e. The molecule has 6 heteroatoms. The number of benzene rings is 1. The van der Waals surface area contributed by atoms with Gasteiger partial charge >= 0.3 is 6.09 Å². The summed E-state index contributed by atoms with van der Waals surface area (Å²) in [4.78, 5) is 11.5. The molecule has 0 bridgehead atoms. The molecule has 0 radical (unpaired) electrons. The van der Waals surface area contributed by atoms with Gasteiger partial charge in [0.05, 0.1) is 12.8 Å². The van der Waals surface area contributed by atoms with Gasteiger partial charge in [-0.05, 0) is 56.5 Å². The summed E-state index contributed by atoms with van der Waals surface area (Å²) in [6.07, 6.45) is 4.67. The summed E-state index contributed by atoms with van der Waals surface area (Å²) in [7, 11) is 4.03. The van der Waals surface area contributed by atoms with E-state index in [9.17, 15) is 4.79 Å². The SMILES string of the molecule is CC.COC(=O)Nc1cc(C(CCC2CC2)NSC(C)(C)C)ccc1P. The molecule has 0 heterocycles. The predicted molar refractivity (Wildman–Crippen MR) is 118 cm³/mol. The molecule has 0 aliphatic heterocycles. The van der Waals surface area contributed by atoms with Gasteiger partial charge in [-0.1, -0.05) is 50.8 Å². The third kappa shape index (κ3) is 8.75. The van der Waals surface area contributed by atoms with Crippen LogP contribution in [0.2, 0.25) is 0 Å². The molecule has 2 rings (SSSR count). The van der Waals surface area contributed by atoms with Crippen molar-refractivity contribution < 1.29 is 9.53 Å². The molecule has 1 aliphatic carbocycles. The molecular weight excluding hydrogens is 363 g/mol. The number of methoxy groups -OCH3 is 1. The van der Waals surface area contributed by atoms with Gasteiger partial charge in [0.15, 0.2) is 0 Å². The number of rotatable bonds is 7. The van der Waals surface area contributed by atoms with E-state index < -0.39 is 6.09 Å². The van der Waals surface area contributed by atoms with E-state index in [4.69, 9.17) is 4.74 Å². The Hall–Kier alpha value is -0.770. The Morgan fingerprint density at radius 3 is 2.54 bits per heavy atom. The van der Waals surface area contributed by atoms with Crippen molar-refractivity contribution in [3.8, 4) is 0 Å². The molecule has 0 saturated heterocycles. The molecular formula is C20H35N2O2PS. The standard InChI is InChI=1S/C18H29N2O2PS.C2H6/c1-18(2,3)24-20-14(9-7-12-5-6-12)13-8-10-16(23)15(11-13)19-17(21)22-4;1-2/h8,10-12,14,20H,5-7,9,23H2,1-4H3,(H,19,21);1-2H3. The lowest BCUT2D eigenvalue weighted by Crippen LogP contribution is -2.23.